The molecule has 1 aliphatic carbocycles. The first-order valence-electron chi connectivity index (χ1n) is 9.75. The van der Waals surface area contributed by atoms with Crippen LogP contribution in [0, 0.1) is 5.41 Å². The molecule has 0 bridgehead atoms. The third kappa shape index (κ3) is 3.78. The second kappa shape index (κ2) is 7.54. The van der Waals surface area contributed by atoms with Gasteiger partial charge in [0.1, 0.15) is 5.41 Å². The highest BCUT2D eigenvalue weighted by molar-refractivity contribution is 6.13. The van der Waals surface area contributed by atoms with Gasteiger partial charge in [-0.3, -0.25) is 14.4 Å². The van der Waals surface area contributed by atoms with Gasteiger partial charge in [-0.05, 0) is 49.9 Å². The molecule has 1 saturated carbocycles. The second-order valence-corrected chi connectivity index (χ2v) is 7.54. The number of nitrogens with one attached hydrogen (secondary N) is 3. The number of aromatic amines is 1. The van der Waals surface area contributed by atoms with Crippen molar-refractivity contribution < 1.29 is 14.4 Å². The molecule has 3 aromatic rings. The van der Waals surface area contributed by atoms with Gasteiger partial charge >= 0.3 is 0 Å². The zero-order valence-corrected chi connectivity index (χ0v) is 16.2. The summed E-state index contributed by atoms with van der Waals surface area (Å²) in [6.07, 6.45) is 3.71. The van der Waals surface area contributed by atoms with E-state index >= 15 is 0 Å². The maximum atomic E-state index is 12.7. The number of H-pyrrole nitrogens is 1. The van der Waals surface area contributed by atoms with E-state index in [1.165, 1.54) is 6.92 Å². The molecule has 3 N–H and O–H groups in total. The lowest BCUT2D eigenvalue weighted by Crippen LogP contribution is -2.40. The molecule has 0 spiro atoms. The molecule has 0 radical (unpaired) electrons. The van der Waals surface area contributed by atoms with Crippen LogP contribution in [0.2, 0.25) is 0 Å². The summed E-state index contributed by atoms with van der Waals surface area (Å²) in [7, 11) is 0. The van der Waals surface area contributed by atoms with Gasteiger partial charge in [-0.25, -0.2) is 0 Å². The molecule has 1 heterocycles. The van der Waals surface area contributed by atoms with Crippen LogP contribution in [0.3, 0.4) is 0 Å². The molecular weight excluding hydrogens is 366 g/mol. The van der Waals surface area contributed by atoms with Crippen molar-refractivity contribution in [2.75, 3.05) is 11.9 Å². The Kier molecular flexibility index (Phi) is 4.92. The Bertz CT molecular complexity index is 1100. The third-order valence-corrected chi connectivity index (χ3v) is 5.50. The van der Waals surface area contributed by atoms with Crippen molar-refractivity contribution >= 4 is 34.2 Å². The molecule has 0 unspecified atom stereocenters. The average Bonchev–Trinajstić information content (AvgIpc) is 3.44. The lowest BCUT2D eigenvalue weighted by molar-refractivity contribution is -0.134. The van der Waals surface area contributed by atoms with Crippen LogP contribution in [0.5, 0.6) is 0 Å². The summed E-state index contributed by atoms with van der Waals surface area (Å²) < 4.78 is 0. The van der Waals surface area contributed by atoms with Gasteiger partial charge in [-0.15, -0.1) is 0 Å². The van der Waals surface area contributed by atoms with Gasteiger partial charge in [0.2, 0.25) is 11.8 Å². The number of hydrogen-bond donors (Lipinski definition) is 3. The maximum Gasteiger partial charge on any atom is 0.240 e. The Hall–Kier alpha value is -3.41. The smallest absolute Gasteiger partial charge is 0.240 e. The van der Waals surface area contributed by atoms with E-state index in [1.807, 2.05) is 30.5 Å². The molecule has 1 aromatic heterocycles. The molecule has 2 aromatic carbocycles. The summed E-state index contributed by atoms with van der Waals surface area (Å²) in [5.41, 5.74) is 2.25. The van der Waals surface area contributed by atoms with Gasteiger partial charge in [0.15, 0.2) is 5.78 Å². The predicted octanol–water partition coefficient (Wildman–Crippen LogP) is 3.45. The highest BCUT2D eigenvalue weighted by Gasteiger charge is 2.56. The highest BCUT2D eigenvalue weighted by atomic mass is 16.2. The van der Waals surface area contributed by atoms with E-state index in [9.17, 15) is 14.4 Å². The molecule has 6 heteroatoms. The third-order valence-electron chi connectivity index (χ3n) is 5.50. The van der Waals surface area contributed by atoms with Gasteiger partial charge in [-0.2, -0.15) is 0 Å². The van der Waals surface area contributed by atoms with E-state index in [4.69, 9.17) is 0 Å². The van der Waals surface area contributed by atoms with Crippen LogP contribution in [0.4, 0.5) is 5.69 Å². The first-order chi connectivity index (χ1) is 14.0. The Morgan fingerprint density at radius 1 is 1.03 bits per heavy atom. The van der Waals surface area contributed by atoms with E-state index < -0.39 is 5.41 Å². The van der Waals surface area contributed by atoms with Crippen molar-refractivity contribution in [2.24, 2.45) is 5.41 Å². The van der Waals surface area contributed by atoms with E-state index in [2.05, 4.69) is 15.6 Å². The minimum absolute atomic E-state index is 0.0720. The molecule has 4 rings (SSSR count). The predicted molar refractivity (Wildman–Crippen MR) is 112 cm³/mol. The van der Waals surface area contributed by atoms with Crippen LogP contribution >= 0.6 is 0 Å². The molecule has 29 heavy (non-hydrogen) atoms. The summed E-state index contributed by atoms with van der Waals surface area (Å²) >= 11 is 0. The number of hydrogen-bond acceptors (Lipinski definition) is 3. The lowest BCUT2D eigenvalue weighted by Gasteiger charge is -2.15. The van der Waals surface area contributed by atoms with Gasteiger partial charge in [-0.1, -0.05) is 30.3 Å². The fourth-order valence-electron chi connectivity index (χ4n) is 3.57. The SMILES string of the molecule is CC(=O)c1cccc(NC(=O)C2(C(=O)NCCc3c[nH]c4ccccc34)CC2)c1. The second-order valence-electron chi connectivity index (χ2n) is 7.54. The Morgan fingerprint density at radius 3 is 2.59 bits per heavy atom. The molecule has 0 aliphatic heterocycles. The Morgan fingerprint density at radius 2 is 1.83 bits per heavy atom. The van der Waals surface area contributed by atoms with E-state index in [0.29, 0.717) is 37.1 Å². The van der Waals surface area contributed by atoms with Crippen LogP contribution < -0.4 is 10.6 Å². The topological polar surface area (TPSA) is 91.1 Å². The number of ketones is 1. The van der Waals surface area contributed by atoms with Crippen LogP contribution in [0.25, 0.3) is 10.9 Å². The maximum absolute atomic E-state index is 12.7. The fraction of sp³-hybridized carbons (Fsp3) is 0.261. The summed E-state index contributed by atoms with van der Waals surface area (Å²) in [5.74, 6) is -0.627. The van der Waals surface area contributed by atoms with E-state index in [0.717, 1.165) is 16.5 Å². The molecular formula is C23H23N3O3. The molecule has 148 valence electrons. The zero-order valence-electron chi connectivity index (χ0n) is 16.2. The Labute approximate surface area is 168 Å². The number of fused-ring (bicyclic) bond motifs is 1. The van der Waals surface area contributed by atoms with Crippen LogP contribution in [-0.4, -0.2) is 29.1 Å². The summed E-state index contributed by atoms with van der Waals surface area (Å²) in [6, 6.07) is 14.8. The average molecular weight is 389 g/mol. The standard InChI is InChI=1S/C23H23N3O3/c1-15(27)16-5-4-6-18(13-16)26-22(29)23(10-11-23)21(28)24-12-9-17-14-25-20-8-3-2-7-19(17)20/h2-8,13-14,25H,9-12H2,1H3,(H,24,28)(H,26,29). The van der Waals surface area contributed by atoms with Crippen molar-refractivity contribution in [2.45, 2.75) is 26.2 Å². The van der Waals surface area contributed by atoms with Crippen LogP contribution in [0.15, 0.2) is 54.7 Å². The Balaban J connectivity index is 1.36. The number of benzene rings is 2. The normalized spacial score (nSPS) is 14.4. The number of anilines is 1. The van der Waals surface area contributed by atoms with Gasteiger partial charge < -0.3 is 15.6 Å². The number of aromatic nitrogens is 1. The number of Topliss-reactive ketones (excluding diaryl/α,β-unsaturated/α-hetero) is 1. The first kappa shape index (κ1) is 18.9. The molecule has 1 aliphatic rings. The van der Waals surface area contributed by atoms with Gasteiger partial charge in [0.05, 0.1) is 0 Å². The molecule has 0 atom stereocenters. The van der Waals surface area contributed by atoms with Crippen molar-refractivity contribution in [3.63, 3.8) is 0 Å². The molecule has 2 amide bonds. The number of para-hydroxylation sites is 1. The number of rotatable bonds is 7. The van der Waals surface area contributed by atoms with E-state index in [-0.39, 0.29) is 17.6 Å². The van der Waals surface area contributed by atoms with Gasteiger partial charge in [0.25, 0.3) is 0 Å². The number of amides is 2. The summed E-state index contributed by atoms with van der Waals surface area (Å²) in [6.45, 7) is 1.94. The fourth-order valence-corrected chi connectivity index (χ4v) is 3.57. The molecule has 6 nitrogen and oxygen atoms in total. The number of carbonyl (C=O) groups excluding carboxylic acids is 3. The van der Waals surface area contributed by atoms with Crippen LogP contribution in [0.1, 0.15) is 35.7 Å². The largest absolute Gasteiger partial charge is 0.361 e. The van der Waals surface area contributed by atoms with Crippen LogP contribution in [-0.2, 0) is 16.0 Å². The summed E-state index contributed by atoms with van der Waals surface area (Å²) in [4.78, 5) is 40.2. The minimum Gasteiger partial charge on any atom is -0.361 e. The minimum atomic E-state index is -1.01. The van der Waals surface area contributed by atoms with Gasteiger partial charge in [0, 0.05) is 34.9 Å². The monoisotopic (exact) mass is 389 g/mol. The van der Waals surface area contributed by atoms with E-state index in [1.54, 1.807) is 24.3 Å². The lowest BCUT2D eigenvalue weighted by atomic mass is 10.0. The quantitative estimate of drug-likeness (QED) is 0.427. The van der Waals surface area contributed by atoms with Crippen molar-refractivity contribution in [3.8, 4) is 0 Å². The molecule has 1 fully saturated rings. The highest BCUT2D eigenvalue weighted by Crippen LogP contribution is 2.46. The van der Waals surface area contributed by atoms with Crippen molar-refractivity contribution in [1.82, 2.24) is 10.3 Å². The van der Waals surface area contributed by atoms with Crippen molar-refractivity contribution in [1.29, 1.82) is 0 Å². The zero-order chi connectivity index (χ0) is 20.4. The molecule has 0 saturated heterocycles. The summed E-state index contributed by atoms with van der Waals surface area (Å²) in [5, 5.41) is 6.85. The van der Waals surface area contributed by atoms with Crippen molar-refractivity contribution in [3.05, 3.63) is 65.9 Å². The number of carbonyl (C=O) groups is 3. The first-order valence-corrected chi connectivity index (χ1v) is 9.75.